The first-order chi connectivity index (χ1) is 11.1. The van der Waals surface area contributed by atoms with Crippen LogP contribution >= 0.6 is 0 Å². The molecule has 0 aliphatic rings. The second-order valence-corrected chi connectivity index (χ2v) is 8.38. The summed E-state index contributed by atoms with van der Waals surface area (Å²) < 4.78 is 30.9. The molecule has 0 heterocycles. The van der Waals surface area contributed by atoms with E-state index in [1.807, 2.05) is 34.6 Å². The number of benzene rings is 1. The van der Waals surface area contributed by atoms with E-state index in [0.717, 1.165) is 5.56 Å². The van der Waals surface area contributed by atoms with Gasteiger partial charge in [-0.15, -0.1) is 6.58 Å². The number of nitrogens with zero attached hydrogens (tertiary/aromatic N) is 1. The molecule has 1 atom stereocenters. The summed E-state index contributed by atoms with van der Waals surface area (Å²) in [7, 11) is -3.80. The summed E-state index contributed by atoms with van der Waals surface area (Å²) >= 11 is 0. The molecule has 0 aliphatic carbocycles. The number of carbonyl (C=O) groups is 1. The molecule has 5 nitrogen and oxygen atoms in total. The number of hydrogen-bond donors (Lipinski definition) is 0. The van der Waals surface area contributed by atoms with Gasteiger partial charge in [-0.25, -0.2) is 13.2 Å². The van der Waals surface area contributed by atoms with Crippen LogP contribution in [0, 0.1) is 6.92 Å². The van der Waals surface area contributed by atoms with Crippen LogP contribution in [0.15, 0.2) is 41.8 Å². The lowest BCUT2D eigenvalue weighted by atomic mass is 10.2. The van der Waals surface area contributed by atoms with Crippen molar-refractivity contribution in [1.29, 1.82) is 0 Å². The van der Waals surface area contributed by atoms with Crippen molar-refractivity contribution in [1.82, 2.24) is 4.90 Å². The maximum Gasteiger partial charge on any atom is 0.411 e. The quantitative estimate of drug-likeness (QED) is 0.697. The number of amides is 1. The van der Waals surface area contributed by atoms with Gasteiger partial charge in [-0.2, -0.15) is 0 Å². The van der Waals surface area contributed by atoms with E-state index in [0.29, 0.717) is 0 Å². The van der Waals surface area contributed by atoms with Crippen LogP contribution in [0.3, 0.4) is 0 Å². The highest BCUT2D eigenvalue weighted by Crippen LogP contribution is 2.22. The standard InChI is InChI=1S/C18H27NO4S/c1-7-8-17(23-18(20)19(13(2)3)14(4)5)24(21,22)16-11-9-15(6)10-12-16/h7,9-14,17H,1,8H2,2-6H3. The first-order valence-corrected chi connectivity index (χ1v) is 9.56. The van der Waals surface area contributed by atoms with Gasteiger partial charge in [0.05, 0.1) is 4.90 Å². The third-order valence-electron chi connectivity index (χ3n) is 3.61. The Bertz CT molecular complexity index is 655. The molecule has 6 heteroatoms. The first-order valence-electron chi connectivity index (χ1n) is 8.01. The molecule has 0 aromatic heterocycles. The van der Waals surface area contributed by atoms with Gasteiger partial charge < -0.3 is 9.64 Å². The summed E-state index contributed by atoms with van der Waals surface area (Å²) in [6.07, 6.45) is 0.840. The third-order valence-corrected chi connectivity index (χ3v) is 5.52. The lowest BCUT2D eigenvalue weighted by molar-refractivity contribution is 0.0691. The van der Waals surface area contributed by atoms with Gasteiger partial charge in [-0.1, -0.05) is 23.8 Å². The fourth-order valence-corrected chi connectivity index (χ4v) is 3.86. The zero-order valence-electron chi connectivity index (χ0n) is 15.0. The van der Waals surface area contributed by atoms with Crippen molar-refractivity contribution in [2.45, 2.75) is 63.5 Å². The van der Waals surface area contributed by atoms with E-state index in [2.05, 4.69) is 6.58 Å². The first kappa shape index (κ1) is 20.2. The van der Waals surface area contributed by atoms with E-state index in [-0.39, 0.29) is 23.4 Å². The highest BCUT2D eigenvalue weighted by Gasteiger charge is 2.33. The van der Waals surface area contributed by atoms with E-state index in [9.17, 15) is 13.2 Å². The molecule has 1 amide bonds. The molecule has 1 aromatic rings. The summed E-state index contributed by atoms with van der Waals surface area (Å²) in [6, 6.07) is 6.30. The van der Waals surface area contributed by atoms with E-state index >= 15 is 0 Å². The Kier molecular flexibility index (Phi) is 7.02. The molecule has 0 aliphatic heterocycles. The zero-order valence-corrected chi connectivity index (χ0v) is 15.8. The second kappa shape index (κ2) is 8.33. The van der Waals surface area contributed by atoms with Gasteiger partial charge in [0.15, 0.2) is 0 Å². The van der Waals surface area contributed by atoms with Crippen molar-refractivity contribution in [2.24, 2.45) is 0 Å². The summed E-state index contributed by atoms with van der Waals surface area (Å²) in [5.41, 5.74) is -0.331. The van der Waals surface area contributed by atoms with Crippen LogP contribution in [0.2, 0.25) is 0 Å². The van der Waals surface area contributed by atoms with Gasteiger partial charge in [0.2, 0.25) is 15.3 Å². The number of aryl methyl sites for hydroxylation is 1. The number of sulfone groups is 1. The predicted molar refractivity (Wildman–Crippen MR) is 95.6 cm³/mol. The predicted octanol–water partition coefficient (Wildman–Crippen LogP) is 3.93. The summed E-state index contributed by atoms with van der Waals surface area (Å²) in [6.45, 7) is 12.9. The Morgan fingerprint density at radius 2 is 1.67 bits per heavy atom. The van der Waals surface area contributed by atoms with Crippen LogP contribution in [-0.4, -0.2) is 36.9 Å². The average Bonchev–Trinajstić information content (AvgIpc) is 2.46. The van der Waals surface area contributed by atoms with Crippen LogP contribution in [0.4, 0.5) is 4.79 Å². The van der Waals surface area contributed by atoms with Crippen molar-refractivity contribution >= 4 is 15.9 Å². The van der Waals surface area contributed by atoms with Gasteiger partial charge in [-0.3, -0.25) is 0 Å². The summed E-state index contributed by atoms with van der Waals surface area (Å²) in [4.78, 5) is 14.1. The molecule has 134 valence electrons. The van der Waals surface area contributed by atoms with Crippen molar-refractivity contribution in [3.8, 4) is 0 Å². The number of ether oxygens (including phenoxy) is 1. The molecule has 0 saturated carbocycles. The van der Waals surface area contributed by atoms with Crippen molar-refractivity contribution < 1.29 is 17.9 Å². The van der Waals surface area contributed by atoms with Gasteiger partial charge in [0.25, 0.3) is 0 Å². The van der Waals surface area contributed by atoms with Crippen LogP contribution in [0.5, 0.6) is 0 Å². The fourth-order valence-electron chi connectivity index (χ4n) is 2.45. The largest absolute Gasteiger partial charge is 0.429 e. The Morgan fingerprint density at radius 1 is 1.17 bits per heavy atom. The van der Waals surface area contributed by atoms with Crippen molar-refractivity contribution in [3.05, 3.63) is 42.5 Å². The Hall–Kier alpha value is -1.82. The topological polar surface area (TPSA) is 63.7 Å². The average molecular weight is 353 g/mol. The van der Waals surface area contributed by atoms with Crippen molar-refractivity contribution in [2.75, 3.05) is 0 Å². The minimum absolute atomic E-state index is 0.0337. The van der Waals surface area contributed by atoms with Crippen LogP contribution in [-0.2, 0) is 14.6 Å². The molecule has 0 bridgehead atoms. The smallest absolute Gasteiger partial charge is 0.411 e. The molecule has 0 saturated heterocycles. The van der Waals surface area contributed by atoms with Gasteiger partial charge in [-0.05, 0) is 46.8 Å². The molecule has 0 radical (unpaired) electrons. The molecule has 0 fully saturated rings. The SMILES string of the molecule is C=CCC(OC(=O)N(C(C)C)C(C)C)S(=O)(=O)c1ccc(C)cc1. The Labute approximate surface area is 145 Å². The Morgan fingerprint density at radius 3 is 2.08 bits per heavy atom. The highest BCUT2D eigenvalue weighted by atomic mass is 32.2. The van der Waals surface area contributed by atoms with E-state index in [4.69, 9.17) is 4.74 Å². The van der Waals surface area contributed by atoms with E-state index in [1.54, 1.807) is 12.1 Å². The minimum atomic E-state index is -3.80. The van der Waals surface area contributed by atoms with Crippen LogP contribution in [0.1, 0.15) is 39.7 Å². The minimum Gasteiger partial charge on any atom is -0.429 e. The maximum atomic E-state index is 12.8. The molecular formula is C18H27NO4S. The van der Waals surface area contributed by atoms with Crippen LogP contribution in [0.25, 0.3) is 0 Å². The monoisotopic (exact) mass is 353 g/mol. The fraction of sp³-hybridized carbons (Fsp3) is 0.500. The molecule has 0 N–H and O–H groups in total. The lowest BCUT2D eigenvalue weighted by Crippen LogP contribution is -2.44. The summed E-state index contributed by atoms with van der Waals surface area (Å²) in [5.74, 6) is 0. The molecule has 0 spiro atoms. The number of rotatable bonds is 7. The number of hydrogen-bond acceptors (Lipinski definition) is 4. The normalized spacial score (nSPS) is 13.0. The molecule has 1 unspecified atom stereocenters. The van der Waals surface area contributed by atoms with Crippen LogP contribution < -0.4 is 0 Å². The molecule has 1 rings (SSSR count). The molecular weight excluding hydrogens is 326 g/mol. The second-order valence-electron chi connectivity index (χ2n) is 6.29. The lowest BCUT2D eigenvalue weighted by Gasteiger charge is -2.31. The highest BCUT2D eigenvalue weighted by molar-refractivity contribution is 7.92. The zero-order chi connectivity index (χ0) is 18.5. The Balaban J connectivity index is 3.11. The van der Waals surface area contributed by atoms with E-state index < -0.39 is 21.4 Å². The van der Waals surface area contributed by atoms with Gasteiger partial charge >= 0.3 is 6.09 Å². The summed E-state index contributed by atoms with van der Waals surface area (Å²) in [5, 5.41) is 0. The maximum absolute atomic E-state index is 12.8. The van der Waals surface area contributed by atoms with E-state index in [1.165, 1.54) is 23.1 Å². The van der Waals surface area contributed by atoms with Crippen molar-refractivity contribution in [3.63, 3.8) is 0 Å². The molecule has 24 heavy (non-hydrogen) atoms. The van der Waals surface area contributed by atoms with Gasteiger partial charge in [0, 0.05) is 18.5 Å². The number of carbonyl (C=O) groups excluding carboxylic acids is 1. The third kappa shape index (κ3) is 4.84. The molecule has 1 aromatic carbocycles. The van der Waals surface area contributed by atoms with Gasteiger partial charge in [0.1, 0.15) is 0 Å².